The van der Waals surface area contributed by atoms with Crippen molar-refractivity contribution in [2.75, 3.05) is 7.05 Å². The minimum atomic E-state index is 0.0135. The first kappa shape index (κ1) is 12.2. The molecule has 0 unspecified atom stereocenters. The van der Waals surface area contributed by atoms with Crippen molar-refractivity contribution in [1.82, 2.24) is 4.90 Å². The quantitative estimate of drug-likeness (QED) is 0.656. The molecule has 0 bridgehead atoms. The van der Waals surface area contributed by atoms with Crippen molar-refractivity contribution in [3.8, 4) is 0 Å². The van der Waals surface area contributed by atoms with Gasteiger partial charge in [-0.15, -0.1) is 0 Å². The molecule has 0 aromatic carbocycles. The highest BCUT2D eigenvalue weighted by Crippen LogP contribution is 2.30. The van der Waals surface area contributed by atoms with E-state index in [0.717, 1.165) is 12.1 Å². The first-order valence-electron chi connectivity index (χ1n) is 4.82. The van der Waals surface area contributed by atoms with Gasteiger partial charge >= 0.3 is 0 Å². The van der Waals surface area contributed by atoms with Gasteiger partial charge in [-0.2, -0.15) is 0 Å². The van der Waals surface area contributed by atoms with Crippen LogP contribution in [0.5, 0.6) is 0 Å². The number of amides is 1. The molecule has 0 rings (SSSR count). The van der Waals surface area contributed by atoms with Crippen LogP contribution in [0, 0.1) is 5.41 Å². The Kier molecular flexibility index (Phi) is 4.18. The number of hydrogen-bond donors (Lipinski definition) is 0. The van der Waals surface area contributed by atoms with E-state index in [1.165, 1.54) is 0 Å². The molecule has 0 aliphatic carbocycles. The molecular formula is C11H21NO. The van der Waals surface area contributed by atoms with Gasteiger partial charge in [-0.05, 0) is 6.42 Å². The number of nitrogens with zero attached hydrogens (tertiary/aromatic N) is 1. The molecule has 0 radical (unpaired) electrons. The Morgan fingerprint density at radius 2 is 1.85 bits per heavy atom. The second-order valence-corrected chi connectivity index (χ2v) is 3.99. The van der Waals surface area contributed by atoms with E-state index in [1.54, 1.807) is 11.9 Å². The van der Waals surface area contributed by atoms with Crippen LogP contribution in [-0.2, 0) is 4.79 Å². The second-order valence-electron chi connectivity index (χ2n) is 3.99. The lowest BCUT2D eigenvalue weighted by Crippen LogP contribution is -2.32. The standard InChI is InChI=1S/C11H21NO/c1-7-10(13)12(6)9(3)11(4,5)8-2/h3,7-8H2,1-2,4-6H3. The zero-order chi connectivity index (χ0) is 10.6. The molecule has 0 fully saturated rings. The fourth-order valence-electron chi connectivity index (χ4n) is 1.05. The van der Waals surface area contributed by atoms with Gasteiger partial charge in [-0.1, -0.05) is 34.3 Å². The van der Waals surface area contributed by atoms with Crippen LogP contribution in [0.4, 0.5) is 0 Å². The summed E-state index contributed by atoms with van der Waals surface area (Å²) >= 11 is 0. The van der Waals surface area contributed by atoms with E-state index in [2.05, 4.69) is 27.4 Å². The zero-order valence-corrected chi connectivity index (χ0v) is 9.48. The van der Waals surface area contributed by atoms with Crippen LogP contribution < -0.4 is 0 Å². The summed E-state index contributed by atoms with van der Waals surface area (Å²) in [6.07, 6.45) is 1.53. The van der Waals surface area contributed by atoms with Crippen molar-refractivity contribution in [2.45, 2.75) is 40.5 Å². The SMILES string of the molecule is C=C(N(C)C(=O)CC)C(C)(C)CC. The van der Waals surface area contributed by atoms with Gasteiger partial charge in [-0.3, -0.25) is 4.79 Å². The molecular weight excluding hydrogens is 162 g/mol. The maximum absolute atomic E-state index is 11.4. The fraction of sp³-hybridized carbons (Fsp3) is 0.727. The summed E-state index contributed by atoms with van der Waals surface area (Å²) in [5, 5.41) is 0. The molecule has 0 aliphatic heterocycles. The van der Waals surface area contributed by atoms with Gasteiger partial charge in [0.05, 0.1) is 0 Å². The molecule has 0 spiro atoms. The first-order valence-corrected chi connectivity index (χ1v) is 4.82. The van der Waals surface area contributed by atoms with Gasteiger partial charge in [0.2, 0.25) is 5.91 Å². The zero-order valence-electron chi connectivity index (χ0n) is 9.48. The van der Waals surface area contributed by atoms with Crippen molar-refractivity contribution < 1.29 is 4.79 Å². The first-order chi connectivity index (χ1) is 5.86. The van der Waals surface area contributed by atoms with E-state index in [0.29, 0.717) is 6.42 Å². The van der Waals surface area contributed by atoms with Crippen LogP contribution in [0.25, 0.3) is 0 Å². The largest absolute Gasteiger partial charge is 0.319 e. The highest BCUT2D eigenvalue weighted by atomic mass is 16.2. The third-order valence-electron chi connectivity index (χ3n) is 2.75. The molecule has 76 valence electrons. The molecule has 0 atom stereocenters. The number of hydrogen-bond acceptors (Lipinski definition) is 1. The van der Waals surface area contributed by atoms with E-state index in [1.807, 2.05) is 6.92 Å². The number of carbonyl (C=O) groups excluding carboxylic acids is 1. The van der Waals surface area contributed by atoms with Gasteiger partial charge in [0.25, 0.3) is 0 Å². The highest BCUT2D eigenvalue weighted by Gasteiger charge is 2.24. The second kappa shape index (κ2) is 4.45. The summed E-state index contributed by atoms with van der Waals surface area (Å²) in [5.41, 5.74) is 0.918. The Balaban J connectivity index is 4.52. The molecule has 0 saturated heterocycles. The Morgan fingerprint density at radius 1 is 1.38 bits per heavy atom. The number of allylic oxidation sites excluding steroid dienone is 1. The summed E-state index contributed by atoms with van der Waals surface area (Å²) in [5.74, 6) is 0.131. The average Bonchev–Trinajstić information content (AvgIpc) is 2.14. The van der Waals surface area contributed by atoms with Crippen LogP contribution in [0.15, 0.2) is 12.3 Å². The number of carbonyl (C=O) groups is 1. The third kappa shape index (κ3) is 2.87. The van der Waals surface area contributed by atoms with Gasteiger partial charge in [-0.25, -0.2) is 0 Å². The lowest BCUT2D eigenvalue weighted by atomic mass is 9.86. The summed E-state index contributed by atoms with van der Waals surface area (Å²) in [7, 11) is 1.80. The minimum absolute atomic E-state index is 0.0135. The van der Waals surface area contributed by atoms with Crippen LogP contribution in [-0.4, -0.2) is 17.9 Å². The molecule has 0 heterocycles. The van der Waals surface area contributed by atoms with Crippen LogP contribution in [0.2, 0.25) is 0 Å². The van der Waals surface area contributed by atoms with Gasteiger partial charge in [0, 0.05) is 24.6 Å². The van der Waals surface area contributed by atoms with E-state index < -0.39 is 0 Å². The average molecular weight is 183 g/mol. The molecule has 0 N–H and O–H groups in total. The minimum Gasteiger partial charge on any atom is -0.319 e. The van der Waals surface area contributed by atoms with Crippen molar-refractivity contribution in [3.63, 3.8) is 0 Å². The molecule has 2 nitrogen and oxygen atoms in total. The molecule has 1 amide bonds. The van der Waals surface area contributed by atoms with Crippen LogP contribution in [0.1, 0.15) is 40.5 Å². The molecule has 0 aromatic heterocycles. The summed E-state index contributed by atoms with van der Waals surface area (Å²) in [6, 6.07) is 0. The number of rotatable bonds is 4. The van der Waals surface area contributed by atoms with Crippen molar-refractivity contribution in [1.29, 1.82) is 0 Å². The van der Waals surface area contributed by atoms with Crippen LogP contribution >= 0.6 is 0 Å². The van der Waals surface area contributed by atoms with E-state index >= 15 is 0 Å². The van der Waals surface area contributed by atoms with Gasteiger partial charge < -0.3 is 4.90 Å². The normalized spacial score (nSPS) is 11.2. The van der Waals surface area contributed by atoms with Gasteiger partial charge in [0.15, 0.2) is 0 Å². The van der Waals surface area contributed by atoms with Crippen molar-refractivity contribution in [3.05, 3.63) is 12.3 Å². The maximum atomic E-state index is 11.4. The van der Waals surface area contributed by atoms with E-state index in [-0.39, 0.29) is 11.3 Å². The van der Waals surface area contributed by atoms with E-state index in [4.69, 9.17) is 0 Å². The molecule has 2 heteroatoms. The maximum Gasteiger partial charge on any atom is 0.226 e. The van der Waals surface area contributed by atoms with E-state index in [9.17, 15) is 4.79 Å². The summed E-state index contributed by atoms with van der Waals surface area (Å²) in [4.78, 5) is 13.1. The Labute approximate surface area is 81.6 Å². The van der Waals surface area contributed by atoms with Crippen LogP contribution in [0.3, 0.4) is 0 Å². The topological polar surface area (TPSA) is 20.3 Å². The smallest absolute Gasteiger partial charge is 0.226 e. The van der Waals surface area contributed by atoms with Crippen molar-refractivity contribution >= 4 is 5.91 Å². The summed E-state index contributed by atoms with van der Waals surface area (Å²) in [6.45, 7) is 12.2. The lowest BCUT2D eigenvalue weighted by molar-refractivity contribution is -0.128. The summed E-state index contributed by atoms with van der Waals surface area (Å²) < 4.78 is 0. The van der Waals surface area contributed by atoms with Gasteiger partial charge in [0.1, 0.15) is 0 Å². The van der Waals surface area contributed by atoms with Crippen molar-refractivity contribution in [2.24, 2.45) is 5.41 Å². The Hall–Kier alpha value is -0.790. The highest BCUT2D eigenvalue weighted by molar-refractivity contribution is 5.77. The Morgan fingerprint density at radius 3 is 2.15 bits per heavy atom. The molecule has 0 aromatic rings. The predicted molar refractivity (Wildman–Crippen MR) is 56.3 cm³/mol. The molecule has 0 aliphatic rings. The fourth-order valence-corrected chi connectivity index (χ4v) is 1.05. The predicted octanol–water partition coefficient (Wildman–Crippen LogP) is 2.80. The monoisotopic (exact) mass is 183 g/mol. The third-order valence-corrected chi connectivity index (χ3v) is 2.75. The molecule has 0 saturated carbocycles. The Bertz CT molecular complexity index is 206. The lowest BCUT2D eigenvalue weighted by Gasteiger charge is -2.32. The molecule has 13 heavy (non-hydrogen) atoms.